The van der Waals surface area contributed by atoms with E-state index in [0.29, 0.717) is 19.5 Å². The smallest absolute Gasteiger partial charge is 0.414 e. The van der Waals surface area contributed by atoms with Crippen LogP contribution in [-0.4, -0.2) is 86.5 Å². The zero-order valence-corrected chi connectivity index (χ0v) is 19.8. The van der Waals surface area contributed by atoms with Gasteiger partial charge in [-0.15, -0.1) is 0 Å². The van der Waals surface area contributed by atoms with Gasteiger partial charge in [0.15, 0.2) is 5.78 Å². The highest BCUT2D eigenvalue weighted by Crippen LogP contribution is 2.26. The molecule has 2 heterocycles. The third-order valence-corrected chi connectivity index (χ3v) is 6.42. The van der Waals surface area contributed by atoms with E-state index >= 15 is 0 Å². The molecule has 2 aliphatic rings. The fraction of sp³-hybridized carbons (Fsp3) is 0.423. The third-order valence-electron chi connectivity index (χ3n) is 6.42. The zero-order chi connectivity index (χ0) is 24.1. The number of Topliss-reactive ketones (excluding diaryl/α,β-unsaturated/α-hetero) is 1. The van der Waals surface area contributed by atoms with Crippen LogP contribution in [0.2, 0.25) is 0 Å². The molecule has 1 N–H and O–H groups in total. The Morgan fingerprint density at radius 1 is 0.971 bits per heavy atom. The van der Waals surface area contributed by atoms with Crippen LogP contribution < -0.4 is 10.2 Å². The van der Waals surface area contributed by atoms with Crippen molar-refractivity contribution < 1.29 is 19.1 Å². The van der Waals surface area contributed by atoms with Gasteiger partial charge in [-0.05, 0) is 30.3 Å². The van der Waals surface area contributed by atoms with Crippen molar-refractivity contribution in [2.24, 2.45) is 0 Å². The fourth-order valence-corrected chi connectivity index (χ4v) is 4.25. The molecule has 34 heavy (non-hydrogen) atoms. The Morgan fingerprint density at radius 2 is 1.59 bits per heavy atom. The van der Waals surface area contributed by atoms with Gasteiger partial charge in [-0.1, -0.05) is 36.4 Å². The van der Waals surface area contributed by atoms with Gasteiger partial charge in [0.1, 0.15) is 6.10 Å². The number of piperazine rings is 1. The van der Waals surface area contributed by atoms with Crippen molar-refractivity contribution in [3.63, 3.8) is 0 Å². The predicted molar refractivity (Wildman–Crippen MR) is 131 cm³/mol. The van der Waals surface area contributed by atoms with Crippen LogP contribution in [0.5, 0.6) is 0 Å². The molecule has 0 bridgehead atoms. The molecule has 0 radical (unpaired) electrons. The third kappa shape index (κ3) is 6.01. The van der Waals surface area contributed by atoms with Crippen molar-refractivity contribution in [3.8, 4) is 11.1 Å². The van der Waals surface area contributed by atoms with Crippen molar-refractivity contribution >= 4 is 23.5 Å². The Kier molecular flexibility index (Phi) is 7.59. The molecule has 8 heteroatoms. The molecule has 0 aliphatic carbocycles. The molecular weight excluding hydrogens is 432 g/mol. The van der Waals surface area contributed by atoms with Crippen LogP contribution in [-0.2, 0) is 9.53 Å². The lowest BCUT2D eigenvalue weighted by molar-refractivity contribution is -0.119. The minimum atomic E-state index is -0.414. The maximum Gasteiger partial charge on any atom is 0.414 e. The number of hydrogen-bond donors (Lipinski definition) is 1. The molecule has 2 aliphatic heterocycles. The second kappa shape index (κ2) is 10.8. The summed E-state index contributed by atoms with van der Waals surface area (Å²) in [6.45, 7) is 7.08. The number of cyclic esters (lactones) is 1. The number of rotatable bonds is 8. The molecule has 2 aromatic rings. The lowest BCUT2D eigenvalue weighted by atomic mass is 10.0. The summed E-state index contributed by atoms with van der Waals surface area (Å²) in [6.07, 6.45) is -0.243. The molecule has 2 saturated heterocycles. The van der Waals surface area contributed by atoms with Gasteiger partial charge in [-0.2, -0.15) is 0 Å². The fourth-order valence-electron chi connectivity index (χ4n) is 4.25. The summed E-state index contributed by atoms with van der Waals surface area (Å²) in [7, 11) is 2.13. The number of ether oxygens (including phenoxy) is 1. The number of nitrogens with one attached hydrogen (secondary N) is 1. The molecule has 8 nitrogen and oxygen atoms in total. The number of carbonyl (C=O) groups excluding carboxylic acids is 3. The molecule has 1 atom stereocenters. The second-order valence-electron chi connectivity index (χ2n) is 9.00. The van der Waals surface area contributed by atoms with Gasteiger partial charge in [0.2, 0.25) is 5.91 Å². The SMILES string of the molecule is CC(=O)NCC1CN(c2ccc(-c3ccc(C(=O)CCN4CCN(C)CC4)cc3)cc2)C(=O)O1. The quantitative estimate of drug-likeness (QED) is 0.605. The van der Waals surface area contributed by atoms with E-state index in [9.17, 15) is 14.4 Å². The van der Waals surface area contributed by atoms with Crippen LogP contribution in [0.1, 0.15) is 23.7 Å². The molecule has 2 fully saturated rings. The molecule has 2 amide bonds. The summed E-state index contributed by atoms with van der Waals surface area (Å²) < 4.78 is 5.33. The van der Waals surface area contributed by atoms with Crippen LogP contribution in [0.4, 0.5) is 10.5 Å². The highest BCUT2D eigenvalue weighted by atomic mass is 16.6. The van der Waals surface area contributed by atoms with E-state index in [-0.39, 0.29) is 17.8 Å². The highest BCUT2D eigenvalue weighted by molar-refractivity contribution is 5.96. The van der Waals surface area contributed by atoms with E-state index in [0.717, 1.165) is 55.1 Å². The van der Waals surface area contributed by atoms with E-state index in [1.54, 1.807) is 4.90 Å². The van der Waals surface area contributed by atoms with Gasteiger partial charge in [-0.3, -0.25) is 14.5 Å². The zero-order valence-electron chi connectivity index (χ0n) is 19.8. The van der Waals surface area contributed by atoms with Gasteiger partial charge >= 0.3 is 6.09 Å². The molecule has 4 rings (SSSR count). The molecule has 0 aromatic heterocycles. The van der Waals surface area contributed by atoms with E-state index in [4.69, 9.17) is 4.74 Å². The Bertz CT molecular complexity index is 1010. The van der Waals surface area contributed by atoms with E-state index in [2.05, 4.69) is 22.2 Å². The molecule has 0 spiro atoms. The van der Waals surface area contributed by atoms with E-state index in [1.807, 2.05) is 48.5 Å². The minimum Gasteiger partial charge on any atom is -0.442 e. The number of hydrogen-bond acceptors (Lipinski definition) is 6. The first kappa shape index (κ1) is 23.9. The maximum atomic E-state index is 12.6. The predicted octanol–water partition coefficient (Wildman–Crippen LogP) is 2.64. The van der Waals surface area contributed by atoms with E-state index in [1.165, 1.54) is 6.92 Å². The Balaban J connectivity index is 1.32. The summed E-state index contributed by atoms with van der Waals surface area (Å²) >= 11 is 0. The molecule has 1 unspecified atom stereocenters. The average Bonchev–Trinajstić information content (AvgIpc) is 3.23. The lowest BCUT2D eigenvalue weighted by Crippen LogP contribution is -2.45. The number of amides is 2. The van der Waals surface area contributed by atoms with Gasteiger partial charge in [0.05, 0.1) is 13.1 Å². The number of anilines is 1. The lowest BCUT2D eigenvalue weighted by Gasteiger charge is -2.32. The van der Waals surface area contributed by atoms with Gasteiger partial charge in [-0.25, -0.2) is 4.79 Å². The maximum absolute atomic E-state index is 12.6. The first-order valence-electron chi connectivity index (χ1n) is 11.8. The first-order valence-corrected chi connectivity index (χ1v) is 11.8. The summed E-state index contributed by atoms with van der Waals surface area (Å²) in [5.41, 5.74) is 3.49. The average molecular weight is 465 g/mol. The topological polar surface area (TPSA) is 82.2 Å². The van der Waals surface area contributed by atoms with Crippen LogP contribution >= 0.6 is 0 Å². The summed E-state index contributed by atoms with van der Waals surface area (Å²) in [5.74, 6) is 0.0174. The molecular formula is C26H32N4O4. The van der Waals surface area contributed by atoms with Crippen molar-refractivity contribution in [3.05, 3.63) is 54.1 Å². The van der Waals surface area contributed by atoms with Gasteiger partial charge in [0.25, 0.3) is 0 Å². The standard InChI is InChI=1S/C26H32N4O4/c1-19(31)27-17-24-18-30(26(33)34-24)23-9-7-21(8-10-23)20-3-5-22(6-4-20)25(32)11-12-29-15-13-28(2)14-16-29/h3-10,24H,11-18H2,1-2H3,(H,27,31). The second-order valence-corrected chi connectivity index (χ2v) is 9.00. The van der Waals surface area contributed by atoms with Crippen molar-refractivity contribution in [2.75, 3.05) is 57.8 Å². The molecule has 0 saturated carbocycles. The minimum absolute atomic E-state index is 0.151. The van der Waals surface area contributed by atoms with Crippen LogP contribution in [0.3, 0.4) is 0 Å². The van der Waals surface area contributed by atoms with Gasteiger partial charge in [0, 0.05) is 57.3 Å². The number of ketones is 1. The number of benzene rings is 2. The van der Waals surface area contributed by atoms with Crippen LogP contribution in [0.15, 0.2) is 48.5 Å². The summed E-state index contributed by atoms with van der Waals surface area (Å²) in [5, 5.41) is 2.68. The largest absolute Gasteiger partial charge is 0.442 e. The van der Waals surface area contributed by atoms with Gasteiger partial charge < -0.3 is 19.9 Å². The van der Waals surface area contributed by atoms with Crippen molar-refractivity contribution in [1.29, 1.82) is 0 Å². The highest BCUT2D eigenvalue weighted by Gasteiger charge is 2.32. The number of carbonyl (C=O) groups is 3. The molecule has 2 aromatic carbocycles. The number of nitrogens with zero attached hydrogens (tertiary/aromatic N) is 3. The van der Waals surface area contributed by atoms with Crippen LogP contribution in [0, 0.1) is 0 Å². The summed E-state index contributed by atoms with van der Waals surface area (Å²) in [4.78, 5) is 42.1. The Morgan fingerprint density at radius 3 is 2.21 bits per heavy atom. The summed E-state index contributed by atoms with van der Waals surface area (Å²) in [6, 6.07) is 15.4. The molecule has 180 valence electrons. The monoisotopic (exact) mass is 464 g/mol. The first-order chi connectivity index (χ1) is 16.4. The Hall–Kier alpha value is -3.23. The van der Waals surface area contributed by atoms with E-state index < -0.39 is 6.09 Å². The van der Waals surface area contributed by atoms with Crippen molar-refractivity contribution in [1.82, 2.24) is 15.1 Å². The van der Waals surface area contributed by atoms with Crippen molar-refractivity contribution in [2.45, 2.75) is 19.4 Å². The van der Waals surface area contributed by atoms with Crippen LogP contribution in [0.25, 0.3) is 11.1 Å². The normalized spacial score (nSPS) is 19.2. The Labute approximate surface area is 200 Å². The number of likely N-dealkylation sites (N-methyl/N-ethyl adjacent to an activating group) is 1.